The van der Waals surface area contributed by atoms with Crippen LogP contribution in [0.1, 0.15) is 12.8 Å². The van der Waals surface area contributed by atoms with Crippen LogP contribution in [0.15, 0.2) is 0 Å². The highest BCUT2D eigenvalue weighted by Gasteiger charge is 2.38. The van der Waals surface area contributed by atoms with Gasteiger partial charge in [-0.3, -0.25) is 10.2 Å². The van der Waals surface area contributed by atoms with Crippen LogP contribution in [-0.2, 0) is 19.1 Å². The van der Waals surface area contributed by atoms with Crippen LogP contribution in [0, 0.1) is 0 Å². The van der Waals surface area contributed by atoms with Gasteiger partial charge in [0.05, 0.1) is 7.11 Å². The van der Waals surface area contributed by atoms with Crippen molar-refractivity contribution in [3.05, 3.63) is 0 Å². The van der Waals surface area contributed by atoms with Gasteiger partial charge in [0.1, 0.15) is 6.04 Å². The number of carboxylic acid groups (broad SMARTS) is 2. The highest BCUT2D eigenvalue weighted by molar-refractivity contribution is 5.75. The predicted molar refractivity (Wildman–Crippen MR) is 63.6 cm³/mol. The van der Waals surface area contributed by atoms with E-state index in [9.17, 15) is 31.1 Å². The van der Waals surface area contributed by atoms with Crippen molar-refractivity contribution in [3.63, 3.8) is 0 Å². The first kappa shape index (κ1) is 24.2. The highest BCUT2D eigenvalue weighted by Crippen LogP contribution is 2.13. The molecular weight excluding hydrogens is 358 g/mol. The van der Waals surface area contributed by atoms with E-state index >= 15 is 0 Å². The smallest absolute Gasteiger partial charge is 0.475 e. The van der Waals surface area contributed by atoms with E-state index in [-0.39, 0.29) is 12.0 Å². The molecule has 0 unspecified atom stereocenters. The van der Waals surface area contributed by atoms with Gasteiger partial charge in [0.25, 0.3) is 0 Å². The number of hydrogen-bond donors (Lipinski definition) is 4. The third-order valence-corrected chi connectivity index (χ3v) is 2.04. The first-order valence-electron chi connectivity index (χ1n) is 5.90. The van der Waals surface area contributed by atoms with E-state index < -0.39 is 24.3 Å². The van der Waals surface area contributed by atoms with Crippen LogP contribution in [0.5, 0.6) is 0 Å². The van der Waals surface area contributed by atoms with E-state index in [1.165, 1.54) is 7.11 Å². The van der Waals surface area contributed by atoms with E-state index in [0.717, 1.165) is 19.4 Å². The zero-order chi connectivity index (χ0) is 19.6. The van der Waals surface area contributed by atoms with Crippen molar-refractivity contribution in [2.24, 2.45) is 0 Å². The number of nitrogens with one attached hydrogen (secondary N) is 2. The zero-order valence-electron chi connectivity index (χ0n) is 12.0. The Kier molecular flexibility index (Phi) is 10.7. The van der Waals surface area contributed by atoms with Gasteiger partial charge in [0.15, 0.2) is 0 Å². The molecule has 0 aromatic heterocycles. The molecule has 0 spiro atoms. The molecule has 0 amide bonds. The summed E-state index contributed by atoms with van der Waals surface area (Å²) in [5.41, 5.74) is 5.74. The molecule has 4 N–H and O–H groups in total. The summed E-state index contributed by atoms with van der Waals surface area (Å²) in [5, 5.41) is 14.2. The minimum Gasteiger partial charge on any atom is -0.475 e. The lowest BCUT2D eigenvalue weighted by Crippen LogP contribution is -2.50. The van der Waals surface area contributed by atoms with Crippen LogP contribution in [0.4, 0.5) is 26.3 Å². The van der Waals surface area contributed by atoms with Gasteiger partial charge in [-0.15, -0.1) is 0 Å². The lowest BCUT2D eigenvalue weighted by molar-refractivity contribution is -0.193. The molecule has 0 saturated carbocycles. The second kappa shape index (κ2) is 10.6. The zero-order valence-corrected chi connectivity index (χ0v) is 12.0. The highest BCUT2D eigenvalue weighted by atomic mass is 19.4. The molecule has 0 aromatic carbocycles. The molecule has 0 aliphatic carbocycles. The Bertz CT molecular complexity index is 395. The molecular formula is C10H14F6N2O6. The molecule has 1 aliphatic heterocycles. The van der Waals surface area contributed by atoms with Gasteiger partial charge in [-0.2, -0.15) is 26.3 Å². The number of hydrazine groups is 1. The third kappa shape index (κ3) is 12.5. The number of carbonyl (C=O) groups excluding carboxylic acids is 1. The normalized spacial score (nSPS) is 17.4. The van der Waals surface area contributed by atoms with Gasteiger partial charge in [0, 0.05) is 6.54 Å². The van der Waals surface area contributed by atoms with Crippen LogP contribution >= 0.6 is 0 Å². The molecule has 24 heavy (non-hydrogen) atoms. The minimum absolute atomic E-state index is 0.154. The van der Waals surface area contributed by atoms with Crippen molar-refractivity contribution < 1.29 is 55.7 Å². The number of carbonyl (C=O) groups is 3. The number of methoxy groups -OCH3 is 1. The van der Waals surface area contributed by atoms with Gasteiger partial charge in [-0.1, -0.05) is 0 Å². The maximum absolute atomic E-state index is 10.8. The number of rotatable bonds is 1. The topological polar surface area (TPSA) is 125 Å². The number of ether oxygens (including phenoxy) is 1. The molecule has 8 nitrogen and oxygen atoms in total. The maximum Gasteiger partial charge on any atom is 0.490 e. The van der Waals surface area contributed by atoms with Crippen molar-refractivity contribution >= 4 is 17.9 Å². The fourth-order valence-corrected chi connectivity index (χ4v) is 0.981. The fourth-order valence-electron chi connectivity index (χ4n) is 0.981. The first-order valence-corrected chi connectivity index (χ1v) is 5.90. The molecule has 1 fully saturated rings. The molecule has 1 rings (SSSR count). The Labute approximate surface area is 130 Å². The Morgan fingerprint density at radius 2 is 1.38 bits per heavy atom. The Hall–Kier alpha value is -2.09. The van der Waals surface area contributed by atoms with Crippen molar-refractivity contribution in [2.45, 2.75) is 31.2 Å². The van der Waals surface area contributed by atoms with Crippen molar-refractivity contribution in [3.8, 4) is 0 Å². The summed E-state index contributed by atoms with van der Waals surface area (Å²) in [5.74, 6) is -5.70. The second-order valence-electron chi connectivity index (χ2n) is 3.89. The number of alkyl halides is 6. The Balaban J connectivity index is 0. The number of aliphatic carboxylic acids is 2. The number of esters is 1. The van der Waals surface area contributed by atoms with Crippen LogP contribution in [0.2, 0.25) is 0 Å². The summed E-state index contributed by atoms with van der Waals surface area (Å²) in [6.07, 6.45) is -8.29. The molecule has 1 saturated heterocycles. The summed E-state index contributed by atoms with van der Waals surface area (Å²) < 4.78 is 68.0. The van der Waals surface area contributed by atoms with Gasteiger partial charge in [0.2, 0.25) is 0 Å². The van der Waals surface area contributed by atoms with Crippen LogP contribution in [0.3, 0.4) is 0 Å². The number of hydrogen-bond acceptors (Lipinski definition) is 6. The molecule has 14 heteroatoms. The average Bonchev–Trinajstić information content (AvgIpc) is 2.46. The van der Waals surface area contributed by atoms with Crippen molar-refractivity contribution in [2.75, 3.05) is 13.7 Å². The van der Waals surface area contributed by atoms with Crippen LogP contribution < -0.4 is 10.9 Å². The minimum atomic E-state index is -5.08. The van der Waals surface area contributed by atoms with E-state index in [2.05, 4.69) is 15.6 Å². The predicted octanol–water partition coefficient (Wildman–Crippen LogP) is 0.683. The molecule has 1 aliphatic rings. The summed E-state index contributed by atoms with van der Waals surface area (Å²) >= 11 is 0. The maximum atomic E-state index is 10.8. The van der Waals surface area contributed by atoms with E-state index in [0.29, 0.717) is 0 Å². The molecule has 1 atom stereocenters. The van der Waals surface area contributed by atoms with E-state index in [4.69, 9.17) is 19.8 Å². The van der Waals surface area contributed by atoms with Gasteiger partial charge in [-0.05, 0) is 12.8 Å². The Morgan fingerprint density at radius 3 is 1.58 bits per heavy atom. The van der Waals surface area contributed by atoms with Gasteiger partial charge in [-0.25, -0.2) is 15.0 Å². The summed E-state index contributed by atoms with van der Waals surface area (Å²) in [6.45, 7) is 0.924. The fraction of sp³-hybridized carbons (Fsp3) is 0.700. The van der Waals surface area contributed by atoms with Crippen molar-refractivity contribution in [1.29, 1.82) is 0 Å². The summed E-state index contributed by atoms with van der Waals surface area (Å²) in [6, 6.07) is -0.154. The largest absolute Gasteiger partial charge is 0.490 e. The molecule has 1 heterocycles. The lowest BCUT2D eigenvalue weighted by Gasteiger charge is -2.21. The first-order chi connectivity index (χ1) is 10.7. The third-order valence-electron chi connectivity index (χ3n) is 2.04. The van der Waals surface area contributed by atoms with E-state index in [1.807, 2.05) is 0 Å². The summed E-state index contributed by atoms with van der Waals surface area (Å²) in [7, 11) is 1.40. The van der Waals surface area contributed by atoms with E-state index in [1.54, 1.807) is 0 Å². The van der Waals surface area contributed by atoms with Gasteiger partial charge < -0.3 is 14.9 Å². The molecule has 0 bridgehead atoms. The number of halogens is 6. The number of carboxylic acids is 2. The van der Waals surface area contributed by atoms with Crippen molar-refractivity contribution in [1.82, 2.24) is 10.9 Å². The monoisotopic (exact) mass is 372 g/mol. The second-order valence-corrected chi connectivity index (χ2v) is 3.89. The molecule has 0 aromatic rings. The van der Waals surface area contributed by atoms with Crippen LogP contribution in [-0.4, -0.2) is 60.2 Å². The molecule has 142 valence electrons. The lowest BCUT2D eigenvalue weighted by atomic mass is 10.1. The van der Waals surface area contributed by atoms with Gasteiger partial charge >= 0.3 is 30.3 Å². The Morgan fingerprint density at radius 1 is 1.00 bits per heavy atom. The SMILES string of the molecule is COC(=O)[C@@H]1CCCNN1.O=C(O)C(F)(F)F.O=C(O)C(F)(F)F. The standard InChI is InChI=1S/C6H12N2O2.2C2HF3O2/c1-10-6(9)5-3-2-4-7-8-5;2*3-2(4,5)1(6)7/h5,7-8H,2-4H2,1H3;2*(H,6,7)/t5-;;/m0../s1. The quantitative estimate of drug-likeness (QED) is 0.391. The summed E-state index contributed by atoms with van der Waals surface area (Å²) in [4.78, 5) is 28.6. The average molecular weight is 372 g/mol. The molecule has 0 radical (unpaired) electrons. The van der Waals surface area contributed by atoms with Crippen LogP contribution in [0.25, 0.3) is 0 Å².